The number of amides is 1. The number of benzene rings is 2. The number of esters is 1. The van der Waals surface area contributed by atoms with Crippen molar-refractivity contribution in [3.8, 4) is 0 Å². The van der Waals surface area contributed by atoms with Gasteiger partial charge in [-0.15, -0.1) is 0 Å². The Morgan fingerprint density at radius 3 is 2.08 bits per heavy atom. The first-order valence-electron chi connectivity index (χ1n) is 13.1. The van der Waals surface area contributed by atoms with E-state index in [0.717, 1.165) is 42.9 Å². The third kappa shape index (κ3) is 6.03. The number of hydrogen-bond acceptors (Lipinski definition) is 6. The monoisotopic (exact) mass is 524 g/mol. The number of halogens is 1. The van der Waals surface area contributed by atoms with Gasteiger partial charge in [0.1, 0.15) is 18.8 Å². The van der Waals surface area contributed by atoms with Crippen molar-refractivity contribution < 1.29 is 33.0 Å². The number of para-hydroxylation sites is 2. The van der Waals surface area contributed by atoms with E-state index in [1.165, 1.54) is 4.57 Å². The topological polar surface area (TPSA) is 104 Å². The van der Waals surface area contributed by atoms with Gasteiger partial charge in [-0.05, 0) is 43.7 Å². The van der Waals surface area contributed by atoms with Gasteiger partial charge in [0.05, 0.1) is 17.5 Å². The Morgan fingerprint density at radius 1 is 0.947 bits per heavy atom. The molecule has 4 rings (SSSR count). The summed E-state index contributed by atoms with van der Waals surface area (Å²) in [4.78, 5) is 51.3. The minimum Gasteiger partial charge on any atom is -0.462 e. The quantitative estimate of drug-likeness (QED) is 0.391. The Hall–Kier alpha value is -3.75. The number of nitrogens with one attached hydrogen (secondary N) is 1. The molecule has 2 aromatic carbocycles. The number of ether oxygens (including phenoxy) is 2. The molecule has 1 amide bonds. The number of ketones is 1. The molecule has 0 saturated heterocycles. The number of carbonyl (C=O) groups excluding carboxylic acids is 4. The molecule has 1 saturated carbocycles. The fourth-order valence-electron chi connectivity index (χ4n) is 4.95. The smallest absolute Gasteiger partial charge is 0.419 e. The molecular weight excluding hydrogens is 491 g/mol. The van der Waals surface area contributed by atoms with E-state index < -0.39 is 54.9 Å². The van der Waals surface area contributed by atoms with Crippen molar-refractivity contribution >= 4 is 45.6 Å². The average Bonchev–Trinajstić information content (AvgIpc) is 3.25. The highest BCUT2D eigenvalue weighted by atomic mass is 19.1. The lowest BCUT2D eigenvalue weighted by atomic mass is 9.98. The average molecular weight is 525 g/mol. The lowest BCUT2D eigenvalue weighted by Crippen LogP contribution is -2.50. The van der Waals surface area contributed by atoms with Gasteiger partial charge in [0, 0.05) is 10.8 Å². The molecule has 1 unspecified atom stereocenters. The molecule has 38 heavy (non-hydrogen) atoms. The van der Waals surface area contributed by atoms with E-state index in [-0.39, 0.29) is 6.10 Å². The van der Waals surface area contributed by atoms with Crippen LogP contribution in [0.4, 0.5) is 9.18 Å². The van der Waals surface area contributed by atoms with Gasteiger partial charge < -0.3 is 14.8 Å². The second-order valence-corrected chi connectivity index (χ2v) is 10.0. The van der Waals surface area contributed by atoms with Crippen molar-refractivity contribution in [2.45, 2.75) is 70.6 Å². The second kappa shape index (κ2) is 12.2. The first-order valence-corrected chi connectivity index (χ1v) is 13.1. The Bertz CT molecular complexity index is 1270. The Balaban J connectivity index is 1.50. The maximum absolute atomic E-state index is 13.4. The summed E-state index contributed by atoms with van der Waals surface area (Å²) in [6.45, 7) is 2.02. The maximum Gasteiger partial charge on any atom is 0.419 e. The van der Waals surface area contributed by atoms with Crippen LogP contribution in [0.15, 0.2) is 48.5 Å². The lowest BCUT2D eigenvalue weighted by Gasteiger charge is -2.25. The van der Waals surface area contributed by atoms with Crippen molar-refractivity contribution in [1.82, 2.24) is 9.88 Å². The number of carbonyl (C=O) groups is 4. The van der Waals surface area contributed by atoms with E-state index in [4.69, 9.17) is 9.47 Å². The van der Waals surface area contributed by atoms with Crippen LogP contribution in [-0.2, 0) is 23.9 Å². The summed E-state index contributed by atoms with van der Waals surface area (Å²) in [5.41, 5.74) is 1.25. The van der Waals surface area contributed by atoms with Crippen LogP contribution in [0, 0.1) is 5.92 Å². The van der Waals surface area contributed by atoms with Crippen LogP contribution in [0.3, 0.4) is 0 Å². The van der Waals surface area contributed by atoms with Crippen LogP contribution in [-0.4, -0.2) is 53.2 Å². The summed E-state index contributed by atoms with van der Waals surface area (Å²) >= 11 is 0. The van der Waals surface area contributed by atoms with Gasteiger partial charge in [0.25, 0.3) is 5.91 Å². The molecule has 0 spiro atoms. The van der Waals surface area contributed by atoms with E-state index in [1.54, 1.807) is 38.1 Å². The van der Waals surface area contributed by atoms with Gasteiger partial charge in [-0.2, -0.15) is 0 Å². The molecule has 1 N–H and O–H groups in total. The van der Waals surface area contributed by atoms with Crippen molar-refractivity contribution in [1.29, 1.82) is 0 Å². The summed E-state index contributed by atoms with van der Waals surface area (Å²) < 4.78 is 25.8. The molecule has 8 nitrogen and oxygen atoms in total. The van der Waals surface area contributed by atoms with Gasteiger partial charge in [0.15, 0.2) is 11.9 Å². The summed E-state index contributed by atoms with van der Waals surface area (Å²) in [6, 6.07) is 13.3. The van der Waals surface area contributed by atoms with Crippen LogP contribution in [0.5, 0.6) is 0 Å². The minimum absolute atomic E-state index is 0.233. The van der Waals surface area contributed by atoms with Gasteiger partial charge in [0.2, 0.25) is 0 Å². The first kappa shape index (κ1) is 27.3. The van der Waals surface area contributed by atoms with E-state index in [9.17, 15) is 23.6 Å². The number of hydrogen-bond donors (Lipinski definition) is 1. The molecule has 9 heteroatoms. The molecule has 1 aromatic heterocycles. The molecule has 1 fully saturated rings. The molecule has 202 valence electrons. The van der Waals surface area contributed by atoms with Gasteiger partial charge in [-0.1, -0.05) is 56.7 Å². The molecule has 2 atom stereocenters. The number of alkyl halides is 1. The summed E-state index contributed by atoms with van der Waals surface area (Å²) in [5.74, 6) is -2.88. The van der Waals surface area contributed by atoms with Crippen LogP contribution in [0.1, 0.15) is 52.4 Å². The lowest BCUT2D eigenvalue weighted by molar-refractivity contribution is -0.152. The number of rotatable bonds is 9. The normalized spacial score (nSPS) is 15.8. The molecule has 1 heterocycles. The van der Waals surface area contributed by atoms with Crippen LogP contribution < -0.4 is 5.32 Å². The Kier molecular flexibility index (Phi) is 8.76. The highest BCUT2D eigenvalue weighted by molar-refractivity contribution is 6.12. The second-order valence-electron chi connectivity index (χ2n) is 10.0. The third-order valence-corrected chi connectivity index (χ3v) is 6.91. The molecule has 0 bridgehead atoms. The van der Waals surface area contributed by atoms with Crippen LogP contribution in [0.25, 0.3) is 21.8 Å². The van der Waals surface area contributed by atoms with E-state index in [2.05, 4.69) is 5.32 Å². The predicted molar refractivity (Wildman–Crippen MR) is 140 cm³/mol. The third-order valence-electron chi connectivity index (χ3n) is 6.91. The maximum atomic E-state index is 13.4. The van der Waals surface area contributed by atoms with E-state index >= 15 is 0 Å². The standard InChI is InChI=1S/C29H33FN2O6/c1-18(2)27(28(35)31-22(25(33)17-30)16-26(34)37-19-10-4-3-5-11-19)38-29(36)32-23-14-8-6-12-20(23)21-13-7-9-15-24(21)32/h6-9,12-15,18-19,22,27H,3-5,10-11,16-17H2,1-2H3,(H,31,35)/t22?,27-/m0/s1. The molecule has 1 aliphatic carbocycles. The number of fused-ring (bicyclic) bond motifs is 3. The highest BCUT2D eigenvalue weighted by Crippen LogP contribution is 2.29. The van der Waals surface area contributed by atoms with Gasteiger partial charge in [-0.3, -0.25) is 14.4 Å². The van der Waals surface area contributed by atoms with Crippen molar-refractivity contribution in [3.63, 3.8) is 0 Å². The highest BCUT2D eigenvalue weighted by Gasteiger charge is 2.33. The SMILES string of the molecule is CC(C)[C@H](OC(=O)n1c2ccccc2c2ccccc21)C(=O)NC(CC(=O)OC1CCCCC1)C(=O)CF. The zero-order valence-corrected chi connectivity index (χ0v) is 21.7. The summed E-state index contributed by atoms with van der Waals surface area (Å²) in [6.07, 6.45) is 1.70. The minimum atomic E-state index is -1.42. The first-order chi connectivity index (χ1) is 18.3. The largest absolute Gasteiger partial charge is 0.462 e. The summed E-state index contributed by atoms with van der Waals surface area (Å²) in [5, 5.41) is 4.14. The van der Waals surface area contributed by atoms with Crippen molar-refractivity contribution in [3.05, 3.63) is 48.5 Å². The zero-order valence-electron chi connectivity index (χ0n) is 21.7. The molecule has 0 aliphatic heterocycles. The van der Waals surface area contributed by atoms with Gasteiger partial charge in [-0.25, -0.2) is 13.8 Å². The predicted octanol–water partition coefficient (Wildman–Crippen LogP) is 5.09. The van der Waals surface area contributed by atoms with Crippen LogP contribution >= 0.6 is 0 Å². The van der Waals surface area contributed by atoms with E-state index in [1.807, 2.05) is 24.3 Å². The number of Topliss-reactive ketones (excluding diaryl/α,β-unsaturated/α-hetero) is 1. The molecule has 3 aromatic rings. The Labute approximate surface area is 220 Å². The fourth-order valence-corrected chi connectivity index (χ4v) is 4.95. The number of nitrogens with zero attached hydrogens (tertiary/aromatic N) is 1. The fraction of sp³-hybridized carbons (Fsp3) is 0.448. The molecular formula is C29H33FN2O6. The van der Waals surface area contributed by atoms with E-state index in [0.29, 0.717) is 11.0 Å². The molecule has 1 aliphatic rings. The Morgan fingerprint density at radius 2 is 1.53 bits per heavy atom. The summed E-state index contributed by atoms with van der Waals surface area (Å²) in [7, 11) is 0. The zero-order chi connectivity index (χ0) is 27.2. The van der Waals surface area contributed by atoms with Crippen LogP contribution in [0.2, 0.25) is 0 Å². The van der Waals surface area contributed by atoms with Crippen molar-refractivity contribution in [2.75, 3.05) is 6.67 Å². The molecule has 0 radical (unpaired) electrons. The van der Waals surface area contributed by atoms with Crippen molar-refractivity contribution in [2.24, 2.45) is 5.92 Å². The van der Waals surface area contributed by atoms with Gasteiger partial charge >= 0.3 is 12.1 Å². The number of aromatic nitrogens is 1.